The molecule has 1 amide bonds. The molecule has 1 rings (SSSR count). The minimum Gasteiger partial charge on any atom is -0.340 e. The van der Waals surface area contributed by atoms with Crippen molar-refractivity contribution in [2.45, 2.75) is 64.8 Å². The summed E-state index contributed by atoms with van der Waals surface area (Å²) in [7, 11) is 0. The summed E-state index contributed by atoms with van der Waals surface area (Å²) in [4.78, 5) is 14.2. The third-order valence-corrected chi connectivity index (χ3v) is 3.62. The molecule has 1 fully saturated rings. The van der Waals surface area contributed by atoms with Gasteiger partial charge in [-0.3, -0.25) is 4.79 Å². The van der Waals surface area contributed by atoms with Crippen LogP contribution in [0.5, 0.6) is 0 Å². The van der Waals surface area contributed by atoms with E-state index in [0.717, 1.165) is 18.9 Å². The molecule has 0 radical (unpaired) electrons. The lowest BCUT2D eigenvalue weighted by atomic mass is 9.94. The third kappa shape index (κ3) is 6.05. The van der Waals surface area contributed by atoms with Gasteiger partial charge in [0.1, 0.15) is 0 Å². The average Bonchev–Trinajstić information content (AvgIpc) is 2.33. The first-order valence-corrected chi connectivity index (χ1v) is 7.14. The van der Waals surface area contributed by atoms with Crippen molar-refractivity contribution in [1.82, 2.24) is 4.90 Å². The van der Waals surface area contributed by atoms with Crippen LogP contribution in [0.25, 0.3) is 0 Å². The predicted octanol–water partition coefficient (Wildman–Crippen LogP) is 2.96. The van der Waals surface area contributed by atoms with E-state index in [1.54, 1.807) is 0 Å². The minimum atomic E-state index is 0. The molecule has 0 aromatic carbocycles. The van der Waals surface area contributed by atoms with Gasteiger partial charge in [0.25, 0.3) is 0 Å². The van der Waals surface area contributed by atoms with Crippen molar-refractivity contribution in [3.05, 3.63) is 0 Å². The van der Waals surface area contributed by atoms with Crippen LogP contribution in [0.1, 0.15) is 58.8 Å². The van der Waals surface area contributed by atoms with Crippen LogP contribution in [-0.2, 0) is 4.79 Å². The quantitative estimate of drug-likeness (QED) is 0.811. The molecule has 4 heteroatoms. The molecule has 0 bridgehead atoms. The van der Waals surface area contributed by atoms with Gasteiger partial charge in [-0.25, -0.2) is 0 Å². The van der Waals surface area contributed by atoms with Crippen LogP contribution in [0.15, 0.2) is 0 Å². The second-order valence-electron chi connectivity index (χ2n) is 5.60. The maximum Gasteiger partial charge on any atom is 0.222 e. The van der Waals surface area contributed by atoms with E-state index in [0.29, 0.717) is 24.9 Å². The molecule has 1 aliphatic heterocycles. The molecule has 108 valence electrons. The normalized spacial score (nSPS) is 19.8. The first-order chi connectivity index (χ1) is 8.15. The van der Waals surface area contributed by atoms with Gasteiger partial charge in [0.15, 0.2) is 0 Å². The highest BCUT2D eigenvalue weighted by atomic mass is 35.5. The molecule has 1 aliphatic rings. The zero-order valence-electron chi connectivity index (χ0n) is 11.9. The number of carbonyl (C=O) groups excluding carboxylic acids is 1. The van der Waals surface area contributed by atoms with Crippen molar-refractivity contribution < 1.29 is 4.79 Å². The standard InChI is InChI=1S/C14H28N2O.ClH/c1-12(2)8-9-13-6-3-4-11-16(13)14(17)7-5-10-15;/h12-13H,3-11,15H2,1-2H3;1H. The Labute approximate surface area is 118 Å². The molecule has 3 nitrogen and oxygen atoms in total. The smallest absolute Gasteiger partial charge is 0.222 e. The van der Waals surface area contributed by atoms with Crippen LogP contribution < -0.4 is 5.73 Å². The summed E-state index contributed by atoms with van der Waals surface area (Å²) >= 11 is 0. The van der Waals surface area contributed by atoms with Gasteiger partial charge in [0.05, 0.1) is 0 Å². The van der Waals surface area contributed by atoms with Crippen LogP contribution in [0.2, 0.25) is 0 Å². The van der Waals surface area contributed by atoms with E-state index in [-0.39, 0.29) is 12.4 Å². The van der Waals surface area contributed by atoms with E-state index in [9.17, 15) is 4.79 Å². The molecule has 1 saturated heterocycles. The fraction of sp³-hybridized carbons (Fsp3) is 0.929. The topological polar surface area (TPSA) is 46.3 Å². The van der Waals surface area contributed by atoms with Crippen molar-refractivity contribution in [2.75, 3.05) is 13.1 Å². The highest BCUT2D eigenvalue weighted by molar-refractivity contribution is 5.85. The first kappa shape index (κ1) is 17.7. The Balaban J connectivity index is 0.00000289. The summed E-state index contributed by atoms with van der Waals surface area (Å²) in [6.45, 7) is 6.09. The molecule has 0 aromatic heterocycles. The van der Waals surface area contributed by atoms with E-state index < -0.39 is 0 Å². The number of nitrogens with zero attached hydrogens (tertiary/aromatic N) is 1. The van der Waals surface area contributed by atoms with Crippen LogP contribution in [0.3, 0.4) is 0 Å². The molecule has 1 atom stereocenters. The maximum absolute atomic E-state index is 12.1. The summed E-state index contributed by atoms with van der Waals surface area (Å²) in [6.07, 6.45) is 7.51. The summed E-state index contributed by atoms with van der Waals surface area (Å²) in [5.74, 6) is 1.06. The molecule has 0 aromatic rings. The van der Waals surface area contributed by atoms with Gasteiger partial charge in [-0.2, -0.15) is 0 Å². The Hall–Kier alpha value is -0.280. The van der Waals surface area contributed by atoms with Gasteiger partial charge >= 0.3 is 0 Å². The number of nitrogens with two attached hydrogens (primary N) is 1. The van der Waals surface area contributed by atoms with Gasteiger partial charge in [-0.1, -0.05) is 13.8 Å². The first-order valence-electron chi connectivity index (χ1n) is 7.14. The van der Waals surface area contributed by atoms with Crippen LogP contribution >= 0.6 is 12.4 Å². The van der Waals surface area contributed by atoms with Crippen molar-refractivity contribution in [1.29, 1.82) is 0 Å². The molecular weight excluding hydrogens is 248 g/mol. The number of halogens is 1. The Bertz CT molecular complexity index is 234. The fourth-order valence-corrected chi connectivity index (χ4v) is 2.55. The zero-order valence-corrected chi connectivity index (χ0v) is 12.7. The summed E-state index contributed by atoms with van der Waals surface area (Å²) < 4.78 is 0. The van der Waals surface area contributed by atoms with E-state index in [4.69, 9.17) is 5.73 Å². The number of rotatable bonds is 6. The van der Waals surface area contributed by atoms with E-state index in [2.05, 4.69) is 18.7 Å². The second kappa shape index (κ2) is 9.62. The number of hydrogen-bond donors (Lipinski definition) is 1. The maximum atomic E-state index is 12.1. The van der Waals surface area contributed by atoms with Crippen LogP contribution in [0.4, 0.5) is 0 Å². The Morgan fingerprint density at radius 2 is 2.11 bits per heavy atom. The molecular formula is C14H29ClN2O. The summed E-state index contributed by atoms with van der Waals surface area (Å²) in [6, 6.07) is 0.497. The molecule has 1 unspecified atom stereocenters. The van der Waals surface area contributed by atoms with Crippen LogP contribution in [-0.4, -0.2) is 29.9 Å². The molecule has 0 spiro atoms. The third-order valence-electron chi connectivity index (χ3n) is 3.62. The van der Waals surface area contributed by atoms with E-state index in [1.807, 2.05) is 0 Å². The van der Waals surface area contributed by atoms with Crippen molar-refractivity contribution in [3.63, 3.8) is 0 Å². The molecule has 1 heterocycles. The molecule has 0 aliphatic carbocycles. The lowest BCUT2D eigenvalue weighted by Crippen LogP contribution is -2.43. The van der Waals surface area contributed by atoms with Gasteiger partial charge in [0.2, 0.25) is 5.91 Å². The Morgan fingerprint density at radius 1 is 1.39 bits per heavy atom. The largest absolute Gasteiger partial charge is 0.340 e. The SMILES string of the molecule is CC(C)CCC1CCCCN1C(=O)CCCN.Cl. The van der Waals surface area contributed by atoms with Crippen molar-refractivity contribution in [3.8, 4) is 0 Å². The highest BCUT2D eigenvalue weighted by Gasteiger charge is 2.25. The second-order valence-corrected chi connectivity index (χ2v) is 5.60. The van der Waals surface area contributed by atoms with Gasteiger partial charge in [0, 0.05) is 19.0 Å². The van der Waals surface area contributed by atoms with Crippen LogP contribution in [0, 0.1) is 5.92 Å². The molecule has 0 saturated carbocycles. The summed E-state index contributed by atoms with van der Waals surface area (Å²) in [5, 5.41) is 0. The van der Waals surface area contributed by atoms with E-state index >= 15 is 0 Å². The number of amides is 1. The average molecular weight is 277 g/mol. The zero-order chi connectivity index (χ0) is 12.7. The fourth-order valence-electron chi connectivity index (χ4n) is 2.55. The minimum absolute atomic E-state index is 0. The van der Waals surface area contributed by atoms with Gasteiger partial charge in [-0.15, -0.1) is 12.4 Å². The Kier molecular flexibility index (Phi) is 9.47. The molecule has 18 heavy (non-hydrogen) atoms. The Morgan fingerprint density at radius 3 is 2.72 bits per heavy atom. The highest BCUT2D eigenvalue weighted by Crippen LogP contribution is 2.23. The number of hydrogen-bond acceptors (Lipinski definition) is 2. The monoisotopic (exact) mass is 276 g/mol. The number of carbonyl (C=O) groups is 1. The van der Waals surface area contributed by atoms with E-state index in [1.165, 1.54) is 32.1 Å². The summed E-state index contributed by atoms with van der Waals surface area (Å²) in [5.41, 5.74) is 5.47. The lowest BCUT2D eigenvalue weighted by molar-refractivity contribution is -0.135. The van der Waals surface area contributed by atoms with Gasteiger partial charge in [-0.05, 0) is 51.0 Å². The van der Waals surface area contributed by atoms with Gasteiger partial charge < -0.3 is 10.6 Å². The number of likely N-dealkylation sites (tertiary alicyclic amines) is 1. The van der Waals surface area contributed by atoms with Crippen molar-refractivity contribution >= 4 is 18.3 Å². The molecule has 2 N–H and O–H groups in total. The van der Waals surface area contributed by atoms with Crippen molar-refractivity contribution in [2.24, 2.45) is 11.7 Å². The number of piperidine rings is 1. The lowest BCUT2D eigenvalue weighted by Gasteiger charge is -2.36. The predicted molar refractivity (Wildman–Crippen MR) is 79.0 cm³/mol.